The molecule has 0 bridgehead atoms. The van der Waals surface area contributed by atoms with Crippen LogP contribution in [0.3, 0.4) is 0 Å². The van der Waals surface area contributed by atoms with Crippen molar-refractivity contribution in [3.63, 3.8) is 0 Å². The molecule has 0 radical (unpaired) electrons. The van der Waals surface area contributed by atoms with Gasteiger partial charge < -0.3 is 15.4 Å². The summed E-state index contributed by atoms with van der Waals surface area (Å²) in [7, 11) is 1.54. The Morgan fingerprint density at radius 1 is 0.931 bits per heavy atom. The van der Waals surface area contributed by atoms with E-state index in [4.69, 9.17) is 4.74 Å². The minimum atomic E-state index is -0.451. The highest BCUT2D eigenvalue weighted by molar-refractivity contribution is 6.04. The first-order valence-electron chi connectivity index (χ1n) is 9.06. The number of hydrogen-bond acceptors (Lipinski definition) is 4. The van der Waals surface area contributed by atoms with Crippen molar-refractivity contribution in [3.05, 3.63) is 94.4 Å². The van der Waals surface area contributed by atoms with E-state index >= 15 is 0 Å². The van der Waals surface area contributed by atoms with Crippen LogP contribution in [0.5, 0.6) is 0 Å². The largest absolute Gasteiger partial charge is 0.383 e. The van der Waals surface area contributed by atoms with Gasteiger partial charge in [0.1, 0.15) is 5.56 Å². The summed E-state index contributed by atoms with van der Waals surface area (Å²) in [6, 6.07) is 18.8. The SMILES string of the molecule is COCCNC(=O)c1cccn(-c2ccc(NC(=O)c3ccccc3)cc2)c1=O. The summed E-state index contributed by atoms with van der Waals surface area (Å²) < 4.78 is 6.27. The third-order valence-electron chi connectivity index (χ3n) is 4.22. The Labute approximate surface area is 167 Å². The maximum atomic E-state index is 12.7. The van der Waals surface area contributed by atoms with Crippen LogP contribution >= 0.6 is 0 Å². The van der Waals surface area contributed by atoms with Crippen LogP contribution < -0.4 is 16.2 Å². The first-order valence-corrected chi connectivity index (χ1v) is 9.06. The normalized spacial score (nSPS) is 10.4. The first kappa shape index (κ1) is 20.0. The highest BCUT2D eigenvalue weighted by Crippen LogP contribution is 2.14. The second-order valence-electron chi connectivity index (χ2n) is 6.21. The number of ether oxygens (including phenoxy) is 1. The Bertz CT molecular complexity index is 1040. The number of benzene rings is 2. The Morgan fingerprint density at radius 3 is 2.34 bits per heavy atom. The Morgan fingerprint density at radius 2 is 1.66 bits per heavy atom. The van der Waals surface area contributed by atoms with Crippen molar-refractivity contribution in [2.75, 3.05) is 25.6 Å². The fourth-order valence-corrected chi connectivity index (χ4v) is 2.73. The number of nitrogens with zero attached hydrogens (tertiary/aromatic N) is 1. The summed E-state index contributed by atoms with van der Waals surface area (Å²) in [5.74, 6) is -0.668. The molecule has 3 rings (SSSR count). The number of pyridine rings is 1. The summed E-state index contributed by atoms with van der Waals surface area (Å²) in [4.78, 5) is 37.1. The summed E-state index contributed by atoms with van der Waals surface area (Å²) >= 11 is 0. The number of hydrogen-bond donors (Lipinski definition) is 2. The average molecular weight is 391 g/mol. The van der Waals surface area contributed by atoms with Crippen molar-refractivity contribution in [2.24, 2.45) is 0 Å². The molecular formula is C22H21N3O4. The number of anilines is 1. The van der Waals surface area contributed by atoms with Crippen molar-refractivity contribution >= 4 is 17.5 Å². The van der Waals surface area contributed by atoms with E-state index in [-0.39, 0.29) is 11.5 Å². The quantitative estimate of drug-likeness (QED) is 0.606. The van der Waals surface area contributed by atoms with E-state index in [2.05, 4.69) is 10.6 Å². The van der Waals surface area contributed by atoms with Crippen LogP contribution in [-0.4, -0.2) is 36.6 Å². The molecule has 0 atom stereocenters. The third kappa shape index (κ3) is 4.97. The number of methoxy groups -OCH3 is 1. The lowest BCUT2D eigenvalue weighted by molar-refractivity contribution is 0.0934. The molecule has 0 saturated heterocycles. The van der Waals surface area contributed by atoms with Crippen molar-refractivity contribution < 1.29 is 14.3 Å². The van der Waals surface area contributed by atoms with Gasteiger partial charge in [-0.15, -0.1) is 0 Å². The van der Waals surface area contributed by atoms with Gasteiger partial charge in [-0.25, -0.2) is 0 Å². The molecule has 0 unspecified atom stereocenters. The highest BCUT2D eigenvalue weighted by Gasteiger charge is 2.12. The number of aromatic nitrogens is 1. The minimum Gasteiger partial charge on any atom is -0.383 e. The van der Waals surface area contributed by atoms with E-state index in [1.165, 1.54) is 17.7 Å². The first-order chi connectivity index (χ1) is 14.1. The van der Waals surface area contributed by atoms with E-state index in [9.17, 15) is 14.4 Å². The molecule has 3 aromatic rings. The molecule has 0 aliphatic carbocycles. The summed E-state index contributed by atoms with van der Waals surface area (Å²) in [6.45, 7) is 0.683. The zero-order chi connectivity index (χ0) is 20.6. The maximum absolute atomic E-state index is 12.7. The van der Waals surface area contributed by atoms with Gasteiger partial charge in [-0.3, -0.25) is 19.0 Å². The molecule has 148 valence electrons. The van der Waals surface area contributed by atoms with Crippen LogP contribution in [-0.2, 0) is 4.74 Å². The lowest BCUT2D eigenvalue weighted by Gasteiger charge is -2.10. The fraction of sp³-hybridized carbons (Fsp3) is 0.136. The van der Waals surface area contributed by atoms with E-state index < -0.39 is 11.5 Å². The molecule has 2 amide bonds. The molecule has 2 aromatic carbocycles. The molecule has 7 nitrogen and oxygen atoms in total. The lowest BCUT2D eigenvalue weighted by atomic mass is 10.2. The maximum Gasteiger partial charge on any atom is 0.267 e. The molecular weight excluding hydrogens is 370 g/mol. The second kappa shape index (κ2) is 9.48. The predicted molar refractivity (Wildman–Crippen MR) is 111 cm³/mol. The van der Waals surface area contributed by atoms with Gasteiger partial charge in [-0.05, 0) is 48.5 Å². The zero-order valence-electron chi connectivity index (χ0n) is 15.9. The molecule has 2 N–H and O–H groups in total. The van der Waals surface area contributed by atoms with Gasteiger partial charge in [0.2, 0.25) is 0 Å². The molecule has 0 spiro atoms. The van der Waals surface area contributed by atoms with Gasteiger partial charge in [0.05, 0.1) is 6.61 Å². The van der Waals surface area contributed by atoms with Crippen molar-refractivity contribution in [1.29, 1.82) is 0 Å². The summed E-state index contributed by atoms with van der Waals surface area (Å²) in [5.41, 5.74) is 1.36. The van der Waals surface area contributed by atoms with Crippen molar-refractivity contribution in [2.45, 2.75) is 0 Å². The molecule has 29 heavy (non-hydrogen) atoms. The van der Waals surface area contributed by atoms with Crippen LogP contribution in [0.2, 0.25) is 0 Å². The molecule has 7 heteroatoms. The predicted octanol–water partition coefficient (Wildman–Crippen LogP) is 2.47. The van der Waals surface area contributed by atoms with Gasteiger partial charge in [0.15, 0.2) is 0 Å². The van der Waals surface area contributed by atoms with Crippen LogP contribution in [0.25, 0.3) is 5.69 Å². The fourth-order valence-electron chi connectivity index (χ4n) is 2.73. The number of amides is 2. The van der Waals surface area contributed by atoms with E-state index in [0.717, 1.165) is 0 Å². The second-order valence-corrected chi connectivity index (χ2v) is 6.21. The van der Waals surface area contributed by atoms with Crippen LogP contribution in [0.1, 0.15) is 20.7 Å². The molecule has 0 aliphatic rings. The Balaban J connectivity index is 1.76. The van der Waals surface area contributed by atoms with E-state index in [1.807, 2.05) is 6.07 Å². The molecule has 0 fully saturated rings. The van der Waals surface area contributed by atoms with Crippen molar-refractivity contribution in [1.82, 2.24) is 9.88 Å². The summed E-state index contributed by atoms with van der Waals surface area (Å²) in [6.07, 6.45) is 1.59. The number of nitrogens with one attached hydrogen (secondary N) is 2. The smallest absolute Gasteiger partial charge is 0.267 e. The van der Waals surface area contributed by atoms with Gasteiger partial charge >= 0.3 is 0 Å². The Hall–Kier alpha value is -3.71. The third-order valence-corrected chi connectivity index (χ3v) is 4.22. The van der Waals surface area contributed by atoms with Gasteiger partial charge in [0.25, 0.3) is 17.4 Å². The van der Waals surface area contributed by atoms with Crippen LogP contribution in [0.4, 0.5) is 5.69 Å². The molecule has 1 aromatic heterocycles. The lowest BCUT2D eigenvalue weighted by Crippen LogP contribution is -2.33. The highest BCUT2D eigenvalue weighted by atomic mass is 16.5. The van der Waals surface area contributed by atoms with Gasteiger partial charge in [-0.1, -0.05) is 18.2 Å². The number of carbonyl (C=O) groups excluding carboxylic acids is 2. The average Bonchev–Trinajstić information content (AvgIpc) is 2.75. The van der Waals surface area contributed by atoms with Crippen LogP contribution in [0.15, 0.2) is 77.7 Å². The molecule has 0 aliphatic heterocycles. The van der Waals surface area contributed by atoms with Crippen molar-refractivity contribution in [3.8, 4) is 5.69 Å². The number of carbonyl (C=O) groups is 2. The van der Waals surface area contributed by atoms with Gasteiger partial charge in [-0.2, -0.15) is 0 Å². The minimum absolute atomic E-state index is 0.0464. The van der Waals surface area contributed by atoms with E-state index in [1.54, 1.807) is 60.8 Å². The number of rotatable bonds is 7. The summed E-state index contributed by atoms with van der Waals surface area (Å²) in [5, 5.41) is 5.45. The zero-order valence-corrected chi connectivity index (χ0v) is 15.9. The monoisotopic (exact) mass is 391 g/mol. The Kier molecular flexibility index (Phi) is 6.55. The van der Waals surface area contributed by atoms with Crippen LogP contribution in [0, 0.1) is 0 Å². The van der Waals surface area contributed by atoms with Gasteiger partial charge in [0, 0.05) is 36.8 Å². The topological polar surface area (TPSA) is 89.4 Å². The van der Waals surface area contributed by atoms with E-state index in [0.29, 0.717) is 30.1 Å². The molecule has 0 saturated carbocycles. The standard InChI is InChI=1S/C22H21N3O4/c1-29-15-13-23-21(27)19-8-5-14-25(22(19)28)18-11-9-17(10-12-18)24-20(26)16-6-3-2-4-7-16/h2-12,14H,13,15H2,1H3,(H,23,27)(H,24,26). The molecule has 1 heterocycles.